The van der Waals surface area contributed by atoms with Crippen LogP contribution in [-0.2, 0) is 14.8 Å². The van der Waals surface area contributed by atoms with Gasteiger partial charge in [-0.1, -0.05) is 18.2 Å². The molecule has 1 amide bonds. The summed E-state index contributed by atoms with van der Waals surface area (Å²) in [5, 5.41) is 18.0. The second kappa shape index (κ2) is 7.74. The average Bonchev–Trinajstić information content (AvgIpc) is 3.07. The van der Waals surface area contributed by atoms with Crippen molar-refractivity contribution < 1.29 is 23.1 Å². The van der Waals surface area contributed by atoms with E-state index in [-0.39, 0.29) is 29.6 Å². The second-order valence-electron chi connectivity index (χ2n) is 6.42. The number of hydrogen-bond acceptors (Lipinski definition) is 6. The van der Waals surface area contributed by atoms with E-state index < -0.39 is 15.9 Å². The van der Waals surface area contributed by atoms with E-state index in [4.69, 9.17) is 4.74 Å². The first-order valence-corrected chi connectivity index (χ1v) is 10.3. The fourth-order valence-corrected chi connectivity index (χ4v) is 4.51. The molecule has 0 radical (unpaired) electrons. The maximum atomic E-state index is 12.9. The van der Waals surface area contributed by atoms with Crippen LogP contribution in [0.4, 0.5) is 5.69 Å². The number of sulfonamides is 1. The Kier molecular flexibility index (Phi) is 5.14. The van der Waals surface area contributed by atoms with Crippen LogP contribution in [0.3, 0.4) is 0 Å². The van der Waals surface area contributed by atoms with Gasteiger partial charge in [0.25, 0.3) is 5.91 Å². The van der Waals surface area contributed by atoms with E-state index in [0.717, 1.165) is 0 Å². The van der Waals surface area contributed by atoms with E-state index in [1.807, 2.05) is 0 Å². The Morgan fingerprint density at radius 3 is 2.55 bits per heavy atom. The van der Waals surface area contributed by atoms with Crippen LogP contribution >= 0.6 is 0 Å². The van der Waals surface area contributed by atoms with Crippen LogP contribution in [0.25, 0.3) is 10.9 Å². The van der Waals surface area contributed by atoms with Gasteiger partial charge in [0.2, 0.25) is 15.9 Å². The molecule has 0 unspecified atom stereocenters. The molecule has 0 atom stereocenters. The fraction of sp³-hybridized carbons (Fsp3) is 0.211. The van der Waals surface area contributed by atoms with Gasteiger partial charge in [0.1, 0.15) is 0 Å². The number of aromatic hydroxyl groups is 1. The molecule has 0 aliphatic carbocycles. The van der Waals surface area contributed by atoms with Crippen LogP contribution in [0.2, 0.25) is 0 Å². The number of azo groups is 1. The van der Waals surface area contributed by atoms with Gasteiger partial charge >= 0.3 is 0 Å². The maximum Gasteiger partial charge on any atom is 0.295 e. The van der Waals surface area contributed by atoms with Crippen molar-refractivity contribution in [3.63, 3.8) is 0 Å². The quantitative estimate of drug-likeness (QED) is 0.635. The summed E-state index contributed by atoms with van der Waals surface area (Å²) in [4.78, 5) is 14.9. The zero-order valence-electron chi connectivity index (χ0n) is 15.3. The number of fused-ring (bicyclic) bond motifs is 1. The molecular weight excluding hydrogens is 396 g/mol. The zero-order valence-corrected chi connectivity index (χ0v) is 16.1. The summed E-state index contributed by atoms with van der Waals surface area (Å²) in [5.74, 6) is -0.873. The van der Waals surface area contributed by atoms with Gasteiger partial charge in [-0.15, -0.1) is 10.2 Å². The molecule has 2 heterocycles. The highest BCUT2D eigenvalue weighted by atomic mass is 32.2. The van der Waals surface area contributed by atoms with Crippen molar-refractivity contribution in [1.29, 1.82) is 0 Å². The van der Waals surface area contributed by atoms with Crippen molar-refractivity contribution in [2.24, 2.45) is 10.2 Å². The molecule has 1 aliphatic rings. The smallest absolute Gasteiger partial charge is 0.295 e. The van der Waals surface area contributed by atoms with Gasteiger partial charge in [0.15, 0.2) is 5.69 Å². The molecule has 1 aromatic heterocycles. The average molecular weight is 414 g/mol. The Morgan fingerprint density at radius 1 is 1.10 bits per heavy atom. The highest BCUT2D eigenvalue weighted by Gasteiger charge is 2.27. The van der Waals surface area contributed by atoms with E-state index in [1.165, 1.54) is 16.4 Å². The van der Waals surface area contributed by atoms with Gasteiger partial charge in [-0.2, -0.15) is 4.31 Å². The number of rotatable bonds is 4. The van der Waals surface area contributed by atoms with Crippen molar-refractivity contribution in [3.05, 3.63) is 54.1 Å². The summed E-state index contributed by atoms with van der Waals surface area (Å²) >= 11 is 0. The molecule has 1 aliphatic heterocycles. The number of ether oxygens (including phenoxy) is 1. The third-order valence-electron chi connectivity index (χ3n) is 4.59. The van der Waals surface area contributed by atoms with E-state index in [1.54, 1.807) is 36.4 Å². The van der Waals surface area contributed by atoms with Gasteiger partial charge in [0.05, 0.1) is 23.6 Å². The van der Waals surface area contributed by atoms with Gasteiger partial charge in [-0.3, -0.25) is 4.79 Å². The Bertz CT molecular complexity index is 1180. The molecule has 3 aromatic rings. The minimum atomic E-state index is -3.72. The molecular formula is C19H18N4O5S. The van der Waals surface area contributed by atoms with Crippen LogP contribution < -0.4 is 0 Å². The number of hydrogen-bond donors (Lipinski definition) is 2. The van der Waals surface area contributed by atoms with E-state index in [0.29, 0.717) is 29.7 Å². The van der Waals surface area contributed by atoms with Crippen molar-refractivity contribution in [2.75, 3.05) is 26.3 Å². The maximum absolute atomic E-state index is 12.9. The third-order valence-corrected chi connectivity index (χ3v) is 6.49. The number of amides is 1. The van der Waals surface area contributed by atoms with Crippen LogP contribution in [0.15, 0.2) is 63.7 Å². The number of carbonyl (C=O) groups excluding carboxylic acids is 1. The summed E-state index contributed by atoms with van der Waals surface area (Å²) in [6.07, 6.45) is 0. The van der Waals surface area contributed by atoms with Gasteiger partial charge in [0, 0.05) is 24.0 Å². The molecule has 150 valence electrons. The molecule has 0 bridgehead atoms. The SMILES string of the molecule is O=C(N=Nc1c(O)[nH]c2ccc(S(=O)(=O)N3CCOCC3)cc12)c1ccccc1. The molecule has 1 fully saturated rings. The largest absolute Gasteiger partial charge is 0.493 e. The summed E-state index contributed by atoms with van der Waals surface area (Å²) < 4.78 is 32.3. The van der Waals surface area contributed by atoms with Crippen LogP contribution in [0, 0.1) is 0 Å². The molecule has 2 N–H and O–H groups in total. The topological polar surface area (TPSA) is 124 Å². The molecule has 2 aromatic carbocycles. The highest BCUT2D eigenvalue weighted by molar-refractivity contribution is 7.89. The number of H-pyrrole nitrogens is 1. The number of aromatic nitrogens is 1. The highest BCUT2D eigenvalue weighted by Crippen LogP contribution is 2.37. The molecule has 1 saturated heterocycles. The fourth-order valence-electron chi connectivity index (χ4n) is 3.07. The van der Waals surface area contributed by atoms with Crippen LogP contribution in [0.1, 0.15) is 10.4 Å². The van der Waals surface area contributed by atoms with Gasteiger partial charge < -0.3 is 14.8 Å². The number of carbonyl (C=O) groups is 1. The summed E-state index contributed by atoms with van der Waals surface area (Å²) in [7, 11) is -3.72. The van der Waals surface area contributed by atoms with E-state index in [2.05, 4.69) is 15.2 Å². The Labute approximate surface area is 166 Å². The summed E-state index contributed by atoms with van der Waals surface area (Å²) in [6.45, 7) is 1.23. The Morgan fingerprint density at radius 2 is 1.83 bits per heavy atom. The zero-order chi connectivity index (χ0) is 20.4. The second-order valence-corrected chi connectivity index (χ2v) is 8.36. The monoisotopic (exact) mass is 414 g/mol. The molecule has 0 saturated carbocycles. The van der Waals surface area contributed by atoms with E-state index in [9.17, 15) is 18.3 Å². The minimum Gasteiger partial charge on any atom is -0.493 e. The van der Waals surface area contributed by atoms with Crippen molar-refractivity contribution in [2.45, 2.75) is 4.90 Å². The number of benzene rings is 2. The number of morpholine rings is 1. The van der Waals surface area contributed by atoms with E-state index >= 15 is 0 Å². The van der Waals surface area contributed by atoms with Crippen LogP contribution in [-0.4, -0.2) is 55.0 Å². The predicted octanol–water partition coefficient (Wildman–Crippen LogP) is 2.82. The lowest BCUT2D eigenvalue weighted by Crippen LogP contribution is -2.40. The number of nitrogens with one attached hydrogen (secondary N) is 1. The lowest BCUT2D eigenvalue weighted by molar-refractivity contribution is 0.0730. The predicted molar refractivity (Wildman–Crippen MR) is 105 cm³/mol. The lowest BCUT2D eigenvalue weighted by atomic mass is 10.2. The van der Waals surface area contributed by atoms with Gasteiger partial charge in [-0.25, -0.2) is 8.42 Å². The molecule has 29 heavy (non-hydrogen) atoms. The van der Waals surface area contributed by atoms with Gasteiger partial charge in [-0.05, 0) is 30.3 Å². The minimum absolute atomic E-state index is 0.00306. The standard InChI is InChI=1S/C19H18N4O5S/c24-18(13-4-2-1-3-5-13)22-21-17-15-12-14(6-7-16(15)20-19(17)25)29(26,27)23-8-10-28-11-9-23/h1-7,12,20,25H,8-11H2. The normalized spacial score (nSPS) is 15.9. The van der Waals surface area contributed by atoms with Crippen molar-refractivity contribution in [1.82, 2.24) is 9.29 Å². The first kappa shape index (κ1) is 19.2. The Hall–Kier alpha value is -3.08. The molecule has 9 nitrogen and oxygen atoms in total. The molecule has 0 spiro atoms. The molecule has 4 rings (SSSR count). The van der Waals surface area contributed by atoms with Crippen LogP contribution in [0.5, 0.6) is 5.88 Å². The third kappa shape index (κ3) is 3.77. The first-order valence-electron chi connectivity index (χ1n) is 8.90. The van der Waals surface area contributed by atoms with Crippen molar-refractivity contribution >= 4 is 32.5 Å². The first-order chi connectivity index (χ1) is 14.0. The summed E-state index contributed by atoms with van der Waals surface area (Å²) in [5.41, 5.74) is 0.832. The number of aromatic amines is 1. The summed E-state index contributed by atoms with van der Waals surface area (Å²) in [6, 6.07) is 12.8. The van der Waals surface area contributed by atoms with Crippen molar-refractivity contribution in [3.8, 4) is 5.88 Å². The lowest BCUT2D eigenvalue weighted by Gasteiger charge is -2.26. The number of nitrogens with zero attached hydrogens (tertiary/aromatic N) is 3. The molecule has 10 heteroatoms. The Balaban J connectivity index is 1.70.